The van der Waals surface area contributed by atoms with Gasteiger partial charge in [0.2, 0.25) is 0 Å². The second-order valence-electron chi connectivity index (χ2n) is 3.44. The van der Waals surface area contributed by atoms with Crippen molar-refractivity contribution in [3.63, 3.8) is 0 Å². The van der Waals surface area contributed by atoms with Crippen molar-refractivity contribution in [2.24, 2.45) is 0 Å². The summed E-state index contributed by atoms with van der Waals surface area (Å²) in [6, 6.07) is 14.7. The molecule has 0 unspecified atom stereocenters. The third-order valence-corrected chi connectivity index (χ3v) is 3.38. The van der Waals surface area contributed by atoms with E-state index in [9.17, 15) is 0 Å². The molecule has 2 heteroatoms. The van der Waals surface area contributed by atoms with E-state index in [2.05, 4.69) is 47.6 Å². The van der Waals surface area contributed by atoms with Crippen molar-refractivity contribution in [2.75, 3.05) is 6.54 Å². The van der Waals surface area contributed by atoms with Crippen LogP contribution in [0.25, 0.3) is 10.4 Å². The zero-order valence-electron chi connectivity index (χ0n) is 8.94. The Bertz CT molecular complexity index is 479. The lowest BCUT2D eigenvalue weighted by Gasteiger charge is -1.97. The number of hydrogen-bond donors (Lipinski definition) is 1. The monoisotopic (exact) mass is 227 g/mol. The average molecular weight is 227 g/mol. The van der Waals surface area contributed by atoms with Gasteiger partial charge in [0, 0.05) is 16.3 Å². The molecule has 0 aliphatic carbocycles. The van der Waals surface area contributed by atoms with Crippen molar-refractivity contribution < 1.29 is 0 Å². The minimum Gasteiger partial charge on any atom is -0.301 e. The lowest BCUT2D eigenvalue weighted by molar-refractivity contribution is 0.781. The molecule has 80 valence electrons. The molecule has 0 saturated carbocycles. The van der Waals surface area contributed by atoms with Gasteiger partial charge in [-0.1, -0.05) is 36.3 Å². The van der Waals surface area contributed by atoms with Crippen LogP contribution < -0.4 is 5.32 Å². The van der Waals surface area contributed by atoms with E-state index in [1.54, 1.807) is 11.3 Å². The first-order valence-corrected chi connectivity index (χ1v) is 6.00. The second-order valence-corrected chi connectivity index (χ2v) is 4.61. The number of nitrogens with one attached hydrogen (secondary N) is 1. The normalized spacial score (nSPS) is 9.94. The molecule has 1 nitrogen and oxygen atoms in total. The smallest absolute Gasteiger partial charge is 0.0576 e. The molecule has 0 aliphatic heterocycles. The number of thiophene rings is 1. The highest BCUT2D eigenvalue weighted by Gasteiger charge is 2.01. The highest BCUT2D eigenvalue weighted by atomic mass is 32.1. The maximum absolute atomic E-state index is 5.18. The predicted octanol–water partition coefficient (Wildman–Crippen LogP) is 3.14. The van der Waals surface area contributed by atoms with Crippen molar-refractivity contribution in [2.45, 2.75) is 6.54 Å². The van der Waals surface area contributed by atoms with Gasteiger partial charge in [-0.2, -0.15) is 0 Å². The Morgan fingerprint density at radius 2 is 1.94 bits per heavy atom. The summed E-state index contributed by atoms with van der Waals surface area (Å²) >= 11 is 1.81. The van der Waals surface area contributed by atoms with Gasteiger partial charge in [0.25, 0.3) is 0 Å². The maximum Gasteiger partial charge on any atom is 0.0576 e. The topological polar surface area (TPSA) is 12.0 Å². The van der Waals surface area contributed by atoms with Crippen molar-refractivity contribution in [3.05, 3.63) is 47.3 Å². The lowest BCUT2D eigenvalue weighted by atomic mass is 10.2. The van der Waals surface area contributed by atoms with Crippen molar-refractivity contribution in [1.29, 1.82) is 0 Å². The van der Waals surface area contributed by atoms with E-state index in [1.807, 2.05) is 6.07 Å². The van der Waals surface area contributed by atoms with E-state index in [0.29, 0.717) is 6.54 Å². The molecule has 0 bridgehead atoms. The molecule has 0 saturated heterocycles. The summed E-state index contributed by atoms with van der Waals surface area (Å²) in [7, 11) is 0. The van der Waals surface area contributed by atoms with Gasteiger partial charge in [0.15, 0.2) is 0 Å². The van der Waals surface area contributed by atoms with Crippen LogP contribution in [0, 0.1) is 12.3 Å². The van der Waals surface area contributed by atoms with Gasteiger partial charge in [-0.25, -0.2) is 0 Å². The minimum absolute atomic E-state index is 0.624. The first-order valence-electron chi connectivity index (χ1n) is 5.18. The molecular weight excluding hydrogens is 214 g/mol. The van der Waals surface area contributed by atoms with Gasteiger partial charge < -0.3 is 5.32 Å². The van der Waals surface area contributed by atoms with Gasteiger partial charge in [-0.05, 0) is 17.7 Å². The van der Waals surface area contributed by atoms with Gasteiger partial charge in [0.1, 0.15) is 0 Å². The van der Waals surface area contributed by atoms with Crippen molar-refractivity contribution >= 4 is 11.3 Å². The van der Waals surface area contributed by atoms with Crippen LogP contribution in [-0.2, 0) is 6.54 Å². The standard InChI is InChI=1S/C14H13NS/c1-2-10-15-11-13-8-9-14(16-13)12-6-4-3-5-7-12/h1,3-9,15H,10-11H2. The number of rotatable bonds is 4. The Morgan fingerprint density at radius 3 is 2.69 bits per heavy atom. The molecule has 0 amide bonds. The third kappa shape index (κ3) is 2.73. The van der Waals surface area contributed by atoms with Crippen molar-refractivity contribution in [1.82, 2.24) is 5.32 Å². The third-order valence-electron chi connectivity index (χ3n) is 2.25. The molecule has 0 fully saturated rings. The summed E-state index contributed by atoms with van der Waals surface area (Å²) in [5.41, 5.74) is 1.27. The Morgan fingerprint density at radius 1 is 1.12 bits per heavy atom. The lowest BCUT2D eigenvalue weighted by Crippen LogP contribution is -2.11. The molecule has 2 rings (SSSR count). The fraction of sp³-hybridized carbons (Fsp3) is 0.143. The fourth-order valence-electron chi connectivity index (χ4n) is 1.49. The molecule has 0 spiro atoms. The van der Waals surface area contributed by atoms with E-state index in [4.69, 9.17) is 6.42 Å². The van der Waals surface area contributed by atoms with Gasteiger partial charge >= 0.3 is 0 Å². The van der Waals surface area contributed by atoms with Crippen LogP contribution in [0.3, 0.4) is 0 Å². The molecule has 0 radical (unpaired) electrons. The molecule has 16 heavy (non-hydrogen) atoms. The molecule has 1 aromatic carbocycles. The van der Waals surface area contributed by atoms with E-state index in [1.165, 1.54) is 15.3 Å². The number of hydrogen-bond acceptors (Lipinski definition) is 2. The Balaban J connectivity index is 2.06. The summed E-state index contributed by atoms with van der Waals surface area (Å²) in [5.74, 6) is 2.57. The molecule has 2 aromatic rings. The van der Waals surface area contributed by atoms with Crippen LogP contribution in [0.15, 0.2) is 42.5 Å². The average Bonchev–Trinajstić information content (AvgIpc) is 2.79. The quantitative estimate of drug-likeness (QED) is 0.625. The Hall–Kier alpha value is -1.56. The molecule has 1 aromatic heterocycles. The van der Waals surface area contributed by atoms with E-state index < -0.39 is 0 Å². The van der Waals surface area contributed by atoms with Crippen LogP contribution in [-0.4, -0.2) is 6.54 Å². The first-order chi connectivity index (χ1) is 7.90. The molecular formula is C14H13NS. The largest absolute Gasteiger partial charge is 0.301 e. The number of benzene rings is 1. The Kier molecular flexibility index (Phi) is 3.76. The summed E-state index contributed by atoms with van der Waals surface area (Å²) < 4.78 is 0. The van der Waals surface area contributed by atoms with Crippen LogP contribution in [0.1, 0.15) is 4.88 Å². The van der Waals surface area contributed by atoms with Crippen LogP contribution >= 0.6 is 11.3 Å². The van der Waals surface area contributed by atoms with Crippen LogP contribution in [0.5, 0.6) is 0 Å². The predicted molar refractivity (Wildman–Crippen MR) is 70.3 cm³/mol. The van der Waals surface area contributed by atoms with Crippen LogP contribution in [0.2, 0.25) is 0 Å². The molecule has 0 atom stereocenters. The van der Waals surface area contributed by atoms with Crippen LogP contribution in [0.4, 0.5) is 0 Å². The minimum atomic E-state index is 0.624. The number of terminal acetylenes is 1. The molecule has 1 N–H and O–H groups in total. The van der Waals surface area contributed by atoms with E-state index >= 15 is 0 Å². The SMILES string of the molecule is C#CCNCc1ccc(-c2ccccc2)s1. The maximum atomic E-state index is 5.18. The fourth-order valence-corrected chi connectivity index (χ4v) is 2.47. The van der Waals surface area contributed by atoms with Crippen molar-refractivity contribution in [3.8, 4) is 22.8 Å². The molecule has 1 heterocycles. The van der Waals surface area contributed by atoms with E-state index in [-0.39, 0.29) is 0 Å². The van der Waals surface area contributed by atoms with E-state index in [0.717, 1.165) is 6.54 Å². The van der Waals surface area contributed by atoms with Gasteiger partial charge in [0.05, 0.1) is 6.54 Å². The zero-order valence-corrected chi connectivity index (χ0v) is 9.76. The van der Waals surface area contributed by atoms with Gasteiger partial charge in [-0.3, -0.25) is 0 Å². The zero-order chi connectivity index (χ0) is 11.2. The summed E-state index contributed by atoms with van der Waals surface area (Å²) in [5, 5.41) is 3.19. The Labute approximate surface area is 100 Å². The van der Waals surface area contributed by atoms with Gasteiger partial charge in [-0.15, -0.1) is 17.8 Å². The highest BCUT2D eigenvalue weighted by molar-refractivity contribution is 7.15. The first kappa shape index (κ1) is 10.9. The summed E-state index contributed by atoms with van der Waals surface area (Å²) in [4.78, 5) is 2.62. The summed E-state index contributed by atoms with van der Waals surface area (Å²) in [6.07, 6.45) is 5.18. The summed E-state index contributed by atoms with van der Waals surface area (Å²) in [6.45, 7) is 1.47. The molecule has 0 aliphatic rings. The second kappa shape index (κ2) is 5.50. The highest BCUT2D eigenvalue weighted by Crippen LogP contribution is 2.27.